The van der Waals surface area contributed by atoms with Crippen molar-refractivity contribution in [2.45, 2.75) is 26.3 Å². The Hall–Kier alpha value is -4.22. The highest BCUT2D eigenvalue weighted by Crippen LogP contribution is 2.33. The van der Waals surface area contributed by atoms with Crippen LogP contribution in [-0.2, 0) is 11.3 Å². The van der Waals surface area contributed by atoms with E-state index in [9.17, 15) is 14.9 Å². The summed E-state index contributed by atoms with van der Waals surface area (Å²) in [5, 5.41) is 12.7. The first-order valence-corrected chi connectivity index (χ1v) is 13.1. The van der Waals surface area contributed by atoms with Crippen molar-refractivity contribution in [2.24, 2.45) is 11.8 Å². The summed E-state index contributed by atoms with van der Waals surface area (Å²) in [4.78, 5) is 34.0. The van der Waals surface area contributed by atoms with Gasteiger partial charge in [0.05, 0.1) is 22.6 Å². The Kier molecular flexibility index (Phi) is 7.38. The Bertz CT molecular complexity index is 1370. The van der Waals surface area contributed by atoms with Crippen molar-refractivity contribution in [1.82, 2.24) is 14.8 Å². The number of aromatic nitrogens is 1. The molecule has 2 aliphatic rings. The lowest BCUT2D eigenvalue weighted by Crippen LogP contribution is -2.32. The molecule has 2 atom stereocenters. The van der Waals surface area contributed by atoms with E-state index in [1.54, 1.807) is 36.4 Å². The number of nitriles is 1. The molecule has 0 spiro atoms. The zero-order valence-electron chi connectivity index (χ0n) is 21.6. The fourth-order valence-corrected chi connectivity index (χ4v) is 5.55. The van der Waals surface area contributed by atoms with Crippen LogP contribution in [0.3, 0.4) is 0 Å². The van der Waals surface area contributed by atoms with E-state index in [0.717, 1.165) is 50.3 Å². The average Bonchev–Trinajstić information content (AvgIpc) is 3.49. The number of nitrogen functional groups attached to an aromatic ring is 1. The zero-order valence-corrected chi connectivity index (χ0v) is 21.6. The highest BCUT2D eigenvalue weighted by Gasteiger charge is 2.41. The molecule has 194 valence electrons. The molecule has 0 radical (unpaired) electrons. The third kappa shape index (κ3) is 5.38. The fourth-order valence-electron chi connectivity index (χ4n) is 5.55. The van der Waals surface area contributed by atoms with E-state index in [0.29, 0.717) is 46.5 Å². The molecule has 2 aliphatic heterocycles. The Morgan fingerprint density at radius 3 is 2.45 bits per heavy atom. The number of hydrogen-bond acceptors (Lipinski definition) is 6. The van der Waals surface area contributed by atoms with Gasteiger partial charge in [-0.3, -0.25) is 19.5 Å². The largest absolute Gasteiger partial charge is 0.397 e. The molecular formula is C30H32N6O2. The first-order chi connectivity index (χ1) is 18.4. The third-order valence-electron chi connectivity index (χ3n) is 7.48. The summed E-state index contributed by atoms with van der Waals surface area (Å²) in [6.07, 6.45) is 3.36. The van der Waals surface area contributed by atoms with Crippen molar-refractivity contribution in [2.75, 3.05) is 37.2 Å². The molecule has 2 amide bonds. The number of carbonyl (C=O) groups excluding carboxylic acids is 2. The van der Waals surface area contributed by atoms with Gasteiger partial charge in [-0.05, 0) is 54.2 Å². The van der Waals surface area contributed by atoms with Gasteiger partial charge in [-0.25, -0.2) is 0 Å². The van der Waals surface area contributed by atoms with Gasteiger partial charge in [-0.1, -0.05) is 31.2 Å². The van der Waals surface area contributed by atoms with E-state index in [-0.39, 0.29) is 11.8 Å². The number of para-hydroxylation sites is 2. The van der Waals surface area contributed by atoms with Gasteiger partial charge in [0.15, 0.2) is 0 Å². The molecular weight excluding hydrogens is 476 g/mol. The fraction of sp³-hybridized carbons (Fsp3) is 0.333. The molecule has 1 aromatic heterocycles. The van der Waals surface area contributed by atoms with Crippen LogP contribution < -0.4 is 11.1 Å². The second-order valence-corrected chi connectivity index (χ2v) is 10.2. The number of hydrogen-bond donors (Lipinski definition) is 2. The lowest BCUT2D eigenvalue weighted by molar-refractivity contribution is -0.130. The van der Waals surface area contributed by atoms with Crippen LogP contribution in [0.4, 0.5) is 11.4 Å². The number of nitrogens with zero attached hydrogens (tertiary/aromatic N) is 4. The van der Waals surface area contributed by atoms with Crippen LogP contribution in [0.1, 0.15) is 41.3 Å². The smallest absolute Gasteiger partial charge is 0.255 e. The number of amides is 2. The van der Waals surface area contributed by atoms with E-state index in [1.165, 1.54) is 0 Å². The lowest BCUT2D eigenvalue weighted by atomic mass is 10.0. The quantitative estimate of drug-likeness (QED) is 0.464. The summed E-state index contributed by atoms with van der Waals surface area (Å²) in [6.45, 7) is 6.41. The van der Waals surface area contributed by atoms with Gasteiger partial charge in [0.25, 0.3) is 5.91 Å². The van der Waals surface area contributed by atoms with Gasteiger partial charge in [0, 0.05) is 56.5 Å². The number of likely N-dealkylation sites (tertiary alicyclic amines) is 2. The molecule has 8 heteroatoms. The maximum absolute atomic E-state index is 12.6. The Morgan fingerprint density at radius 1 is 1.08 bits per heavy atom. The van der Waals surface area contributed by atoms with Gasteiger partial charge in [-0.2, -0.15) is 5.26 Å². The minimum Gasteiger partial charge on any atom is -0.397 e. The van der Waals surface area contributed by atoms with Crippen LogP contribution in [0.15, 0.2) is 60.8 Å². The van der Waals surface area contributed by atoms with Gasteiger partial charge in [0.2, 0.25) is 5.91 Å². The van der Waals surface area contributed by atoms with Crippen molar-refractivity contribution in [3.63, 3.8) is 0 Å². The Labute approximate surface area is 223 Å². The van der Waals surface area contributed by atoms with Crippen LogP contribution in [0.2, 0.25) is 0 Å². The highest BCUT2D eigenvalue weighted by molar-refractivity contribution is 6.05. The summed E-state index contributed by atoms with van der Waals surface area (Å²) in [6, 6.07) is 18.4. The number of rotatable bonds is 7. The monoisotopic (exact) mass is 508 g/mol. The number of anilines is 2. The summed E-state index contributed by atoms with van der Waals surface area (Å²) in [5.41, 5.74) is 10.4. The van der Waals surface area contributed by atoms with Gasteiger partial charge >= 0.3 is 0 Å². The molecule has 3 heterocycles. The molecule has 2 unspecified atom stereocenters. The van der Waals surface area contributed by atoms with Crippen LogP contribution >= 0.6 is 0 Å². The SMILES string of the molecule is CCCC(=O)N1CC2CN(Cc3cnc(-c4ccc(C(=O)Nc5ccccc5N)cc4)c(C#N)c3)CC2C1. The zero-order chi connectivity index (χ0) is 26.6. The third-order valence-corrected chi connectivity index (χ3v) is 7.48. The van der Waals surface area contributed by atoms with Crippen LogP contribution in [-0.4, -0.2) is 52.8 Å². The molecule has 5 rings (SSSR count). The average molecular weight is 509 g/mol. The number of pyridine rings is 1. The lowest BCUT2D eigenvalue weighted by Gasteiger charge is -2.21. The second-order valence-electron chi connectivity index (χ2n) is 10.2. The normalized spacial score (nSPS) is 18.7. The number of benzene rings is 2. The molecule has 3 aromatic rings. The maximum atomic E-state index is 12.6. The van der Waals surface area contributed by atoms with E-state index in [4.69, 9.17) is 5.73 Å². The van der Waals surface area contributed by atoms with Crippen molar-refractivity contribution in [3.05, 3.63) is 77.5 Å². The molecule has 2 saturated heterocycles. The summed E-state index contributed by atoms with van der Waals surface area (Å²) >= 11 is 0. The van der Waals surface area contributed by atoms with Crippen molar-refractivity contribution < 1.29 is 9.59 Å². The first-order valence-electron chi connectivity index (χ1n) is 13.1. The summed E-state index contributed by atoms with van der Waals surface area (Å²) in [7, 11) is 0. The molecule has 8 nitrogen and oxygen atoms in total. The van der Waals surface area contributed by atoms with Crippen molar-refractivity contribution >= 4 is 23.2 Å². The predicted molar refractivity (Wildman–Crippen MR) is 147 cm³/mol. The minimum absolute atomic E-state index is 0.258. The van der Waals surface area contributed by atoms with Crippen molar-refractivity contribution in [3.8, 4) is 17.3 Å². The standard InChI is InChI=1S/C30H32N6O2/c1-2-5-28(37)36-18-24-16-35(17-25(24)19-36)15-20-12-23(13-31)29(33-14-20)21-8-10-22(11-9-21)30(38)34-27-7-4-3-6-26(27)32/h3-4,6-12,14,24-25H,2,5,15-19,32H2,1H3,(H,34,38). The van der Waals surface area contributed by atoms with E-state index < -0.39 is 0 Å². The van der Waals surface area contributed by atoms with E-state index in [2.05, 4.69) is 21.3 Å². The highest BCUT2D eigenvalue weighted by atomic mass is 16.2. The minimum atomic E-state index is -0.258. The van der Waals surface area contributed by atoms with Gasteiger partial charge < -0.3 is 16.0 Å². The van der Waals surface area contributed by atoms with Crippen LogP contribution in [0.5, 0.6) is 0 Å². The van der Waals surface area contributed by atoms with Crippen LogP contribution in [0, 0.1) is 23.2 Å². The number of carbonyl (C=O) groups is 2. The molecule has 2 fully saturated rings. The van der Waals surface area contributed by atoms with Gasteiger partial charge in [0.1, 0.15) is 6.07 Å². The molecule has 2 aromatic carbocycles. The summed E-state index contributed by atoms with van der Waals surface area (Å²) < 4.78 is 0. The maximum Gasteiger partial charge on any atom is 0.255 e. The van der Waals surface area contributed by atoms with Crippen LogP contribution in [0.25, 0.3) is 11.3 Å². The molecule has 3 N–H and O–H groups in total. The van der Waals surface area contributed by atoms with E-state index >= 15 is 0 Å². The Morgan fingerprint density at radius 2 is 1.79 bits per heavy atom. The molecule has 0 saturated carbocycles. The number of nitrogens with one attached hydrogen (secondary N) is 1. The molecule has 38 heavy (non-hydrogen) atoms. The number of fused-ring (bicyclic) bond motifs is 1. The Balaban J connectivity index is 1.22. The molecule has 0 aliphatic carbocycles. The molecule has 0 bridgehead atoms. The number of nitrogens with two attached hydrogens (primary N) is 1. The predicted octanol–water partition coefficient (Wildman–Crippen LogP) is 4.15. The first kappa shape index (κ1) is 25.4. The summed E-state index contributed by atoms with van der Waals surface area (Å²) in [5.74, 6) is 1.06. The van der Waals surface area contributed by atoms with Gasteiger partial charge in [-0.15, -0.1) is 0 Å². The van der Waals surface area contributed by atoms with E-state index in [1.807, 2.05) is 36.2 Å². The topological polar surface area (TPSA) is 115 Å². The second kappa shape index (κ2) is 11.0. The van der Waals surface area contributed by atoms with Crippen molar-refractivity contribution in [1.29, 1.82) is 5.26 Å².